The van der Waals surface area contributed by atoms with Crippen LogP contribution < -0.4 is 0 Å². The second kappa shape index (κ2) is 10.3. The summed E-state index contributed by atoms with van der Waals surface area (Å²) in [5.41, 5.74) is 14.0. The van der Waals surface area contributed by atoms with Crippen molar-refractivity contribution in [2.75, 3.05) is 0 Å². The molecular formula is C37H29N. The number of aryl methyl sites for hydroxylation is 2. The summed E-state index contributed by atoms with van der Waals surface area (Å²) in [4.78, 5) is 5.14. The Balaban J connectivity index is 1.46. The summed E-state index contributed by atoms with van der Waals surface area (Å²) in [6, 6.07) is 49.6. The standard InChI is InChI=1S/C37H29N/c1-26-16-17-27(2)35(22-26)32-14-9-15-33(23-32)37-25-34(24-36(38-37)31-12-7-4-8-13-31)30-20-18-29(19-21-30)28-10-5-3-6-11-28/h3-25H,1-2H3. The summed E-state index contributed by atoms with van der Waals surface area (Å²) in [6.45, 7) is 4.32. The highest BCUT2D eigenvalue weighted by Crippen LogP contribution is 2.34. The maximum Gasteiger partial charge on any atom is 0.0715 e. The Hall–Kier alpha value is -4.75. The fourth-order valence-corrected chi connectivity index (χ4v) is 4.98. The summed E-state index contributed by atoms with van der Waals surface area (Å²) in [7, 11) is 0. The van der Waals surface area contributed by atoms with Crippen molar-refractivity contribution in [1.29, 1.82) is 0 Å². The number of hydrogen-bond donors (Lipinski definition) is 0. The van der Waals surface area contributed by atoms with Crippen LogP contribution in [0.4, 0.5) is 0 Å². The molecule has 1 aromatic heterocycles. The minimum Gasteiger partial charge on any atom is -0.248 e. The molecule has 0 saturated heterocycles. The first-order valence-corrected chi connectivity index (χ1v) is 13.1. The summed E-state index contributed by atoms with van der Waals surface area (Å²) < 4.78 is 0. The summed E-state index contributed by atoms with van der Waals surface area (Å²) in [5, 5.41) is 0. The van der Waals surface area contributed by atoms with E-state index in [1.54, 1.807) is 0 Å². The zero-order chi connectivity index (χ0) is 25.9. The average Bonchev–Trinajstić information content (AvgIpc) is 2.99. The van der Waals surface area contributed by atoms with Gasteiger partial charge in [-0.1, -0.05) is 127 Å². The molecule has 0 aliphatic carbocycles. The van der Waals surface area contributed by atoms with Gasteiger partial charge in [-0.25, -0.2) is 4.98 Å². The molecule has 0 bridgehead atoms. The lowest BCUT2D eigenvalue weighted by Gasteiger charge is -2.13. The Morgan fingerprint density at radius 1 is 0.368 bits per heavy atom. The molecule has 6 rings (SSSR count). The minimum absolute atomic E-state index is 0.973. The molecule has 1 nitrogen and oxygen atoms in total. The van der Waals surface area contributed by atoms with Crippen molar-refractivity contribution in [2.45, 2.75) is 13.8 Å². The summed E-state index contributed by atoms with van der Waals surface area (Å²) in [6.07, 6.45) is 0. The lowest BCUT2D eigenvalue weighted by atomic mass is 9.95. The van der Waals surface area contributed by atoms with Gasteiger partial charge < -0.3 is 0 Å². The van der Waals surface area contributed by atoms with Crippen molar-refractivity contribution in [3.8, 4) is 55.9 Å². The zero-order valence-electron chi connectivity index (χ0n) is 21.7. The number of aromatic nitrogens is 1. The van der Waals surface area contributed by atoms with Crippen LogP contribution in [-0.4, -0.2) is 4.98 Å². The molecule has 0 N–H and O–H groups in total. The Labute approximate surface area is 225 Å². The molecule has 38 heavy (non-hydrogen) atoms. The van der Waals surface area contributed by atoms with Gasteiger partial charge in [0.1, 0.15) is 0 Å². The van der Waals surface area contributed by atoms with Gasteiger partial charge in [0.2, 0.25) is 0 Å². The van der Waals surface area contributed by atoms with Crippen LogP contribution in [0.2, 0.25) is 0 Å². The van der Waals surface area contributed by atoms with Crippen LogP contribution in [-0.2, 0) is 0 Å². The Bertz CT molecular complexity index is 1700. The molecule has 0 fully saturated rings. The SMILES string of the molecule is Cc1ccc(C)c(-c2cccc(-c3cc(-c4ccc(-c5ccccc5)cc4)cc(-c4ccccc4)n3)c2)c1. The van der Waals surface area contributed by atoms with Crippen molar-refractivity contribution in [1.82, 2.24) is 4.98 Å². The zero-order valence-corrected chi connectivity index (χ0v) is 21.7. The molecule has 0 amide bonds. The fraction of sp³-hybridized carbons (Fsp3) is 0.0541. The second-order valence-corrected chi connectivity index (χ2v) is 9.83. The quantitative estimate of drug-likeness (QED) is 0.236. The van der Waals surface area contributed by atoms with Gasteiger partial charge in [0, 0.05) is 11.1 Å². The highest BCUT2D eigenvalue weighted by atomic mass is 14.7. The molecule has 0 aliphatic rings. The fourth-order valence-electron chi connectivity index (χ4n) is 4.98. The van der Waals surface area contributed by atoms with Crippen LogP contribution in [0, 0.1) is 13.8 Å². The molecule has 0 spiro atoms. The highest BCUT2D eigenvalue weighted by Gasteiger charge is 2.11. The van der Waals surface area contributed by atoms with Gasteiger partial charge in [-0.05, 0) is 71.0 Å². The lowest BCUT2D eigenvalue weighted by Crippen LogP contribution is -1.92. The van der Waals surface area contributed by atoms with Gasteiger partial charge >= 0.3 is 0 Å². The van der Waals surface area contributed by atoms with E-state index in [9.17, 15) is 0 Å². The number of benzene rings is 5. The normalized spacial score (nSPS) is 10.9. The van der Waals surface area contributed by atoms with Gasteiger partial charge in [-0.15, -0.1) is 0 Å². The first kappa shape index (κ1) is 23.6. The number of hydrogen-bond acceptors (Lipinski definition) is 1. The van der Waals surface area contributed by atoms with Crippen LogP contribution in [0.15, 0.2) is 140 Å². The molecule has 6 aromatic rings. The van der Waals surface area contributed by atoms with Gasteiger partial charge in [0.05, 0.1) is 11.4 Å². The largest absolute Gasteiger partial charge is 0.248 e. The predicted octanol–water partition coefficient (Wildman–Crippen LogP) is 10.0. The molecule has 0 radical (unpaired) electrons. The Kier molecular flexibility index (Phi) is 6.42. The molecule has 1 heterocycles. The smallest absolute Gasteiger partial charge is 0.0715 e. The second-order valence-electron chi connectivity index (χ2n) is 9.83. The minimum atomic E-state index is 0.973. The first-order valence-electron chi connectivity index (χ1n) is 13.1. The van der Waals surface area contributed by atoms with Gasteiger partial charge in [-0.3, -0.25) is 0 Å². The monoisotopic (exact) mass is 487 g/mol. The Morgan fingerprint density at radius 2 is 0.895 bits per heavy atom. The maximum absolute atomic E-state index is 5.14. The van der Waals surface area contributed by atoms with Gasteiger partial charge in [-0.2, -0.15) is 0 Å². The predicted molar refractivity (Wildman–Crippen MR) is 161 cm³/mol. The number of rotatable bonds is 5. The molecule has 0 unspecified atom stereocenters. The average molecular weight is 488 g/mol. The van der Waals surface area contributed by atoms with Gasteiger partial charge in [0.15, 0.2) is 0 Å². The van der Waals surface area contributed by atoms with Crippen molar-refractivity contribution >= 4 is 0 Å². The number of pyridine rings is 1. The summed E-state index contributed by atoms with van der Waals surface area (Å²) in [5.74, 6) is 0. The van der Waals surface area contributed by atoms with E-state index in [2.05, 4.69) is 147 Å². The highest BCUT2D eigenvalue weighted by molar-refractivity contribution is 5.80. The maximum atomic E-state index is 5.14. The van der Waals surface area contributed by atoms with Crippen molar-refractivity contribution in [2.24, 2.45) is 0 Å². The van der Waals surface area contributed by atoms with E-state index in [0.717, 1.165) is 28.1 Å². The third kappa shape index (κ3) is 4.92. The molecule has 0 aliphatic heterocycles. The van der Waals surface area contributed by atoms with Crippen LogP contribution >= 0.6 is 0 Å². The molecule has 0 saturated carbocycles. The topological polar surface area (TPSA) is 12.9 Å². The van der Waals surface area contributed by atoms with E-state index in [0.29, 0.717) is 0 Å². The first-order chi connectivity index (χ1) is 18.6. The van der Waals surface area contributed by atoms with Crippen molar-refractivity contribution in [3.63, 3.8) is 0 Å². The third-order valence-corrected chi connectivity index (χ3v) is 7.08. The third-order valence-electron chi connectivity index (χ3n) is 7.08. The van der Waals surface area contributed by atoms with E-state index in [1.165, 1.54) is 38.9 Å². The molecule has 1 heteroatoms. The van der Waals surface area contributed by atoms with Crippen LogP contribution in [0.3, 0.4) is 0 Å². The van der Waals surface area contributed by atoms with E-state index in [4.69, 9.17) is 4.98 Å². The molecule has 0 atom stereocenters. The lowest BCUT2D eigenvalue weighted by molar-refractivity contribution is 1.32. The van der Waals surface area contributed by atoms with Crippen molar-refractivity contribution in [3.05, 3.63) is 151 Å². The molecule has 182 valence electrons. The van der Waals surface area contributed by atoms with E-state index in [-0.39, 0.29) is 0 Å². The van der Waals surface area contributed by atoms with E-state index in [1.807, 2.05) is 6.07 Å². The Morgan fingerprint density at radius 3 is 1.58 bits per heavy atom. The van der Waals surface area contributed by atoms with Crippen LogP contribution in [0.1, 0.15) is 11.1 Å². The van der Waals surface area contributed by atoms with Crippen LogP contribution in [0.5, 0.6) is 0 Å². The van der Waals surface area contributed by atoms with Crippen LogP contribution in [0.25, 0.3) is 55.9 Å². The van der Waals surface area contributed by atoms with E-state index < -0.39 is 0 Å². The van der Waals surface area contributed by atoms with Gasteiger partial charge in [0.25, 0.3) is 0 Å². The van der Waals surface area contributed by atoms with E-state index >= 15 is 0 Å². The molecule has 5 aromatic carbocycles. The summed E-state index contributed by atoms with van der Waals surface area (Å²) >= 11 is 0. The number of nitrogens with zero attached hydrogens (tertiary/aromatic N) is 1. The molecular weight excluding hydrogens is 458 g/mol. The van der Waals surface area contributed by atoms with Crippen molar-refractivity contribution < 1.29 is 0 Å².